The molecule has 0 bridgehead atoms. The summed E-state index contributed by atoms with van der Waals surface area (Å²) in [5, 5.41) is 3.12. The molecule has 1 heterocycles. The van der Waals surface area contributed by atoms with Gasteiger partial charge in [-0.3, -0.25) is 4.79 Å². The first-order valence-corrected chi connectivity index (χ1v) is 12.3. The van der Waals surface area contributed by atoms with E-state index in [9.17, 15) is 18.4 Å². The molecule has 1 aliphatic heterocycles. The van der Waals surface area contributed by atoms with Crippen molar-refractivity contribution in [2.75, 3.05) is 13.6 Å². The van der Waals surface area contributed by atoms with Crippen LogP contribution in [-0.4, -0.2) is 42.8 Å². The number of aryl methyl sites for hydroxylation is 1. The molecule has 1 aliphatic rings. The predicted octanol–water partition coefficient (Wildman–Crippen LogP) is 5.41. The average molecular weight is 490 g/mol. The van der Waals surface area contributed by atoms with E-state index in [0.717, 1.165) is 24.7 Å². The van der Waals surface area contributed by atoms with Gasteiger partial charge in [-0.25, -0.2) is 8.78 Å². The third kappa shape index (κ3) is 8.22. The van der Waals surface area contributed by atoms with Crippen LogP contribution < -0.4 is 11.1 Å². The quantitative estimate of drug-likeness (QED) is 0.532. The van der Waals surface area contributed by atoms with Crippen molar-refractivity contribution in [3.63, 3.8) is 0 Å². The summed E-state index contributed by atoms with van der Waals surface area (Å²) in [4.78, 5) is 24.1. The zero-order chi connectivity index (χ0) is 26.7. The molecule has 0 aromatic heterocycles. The van der Waals surface area contributed by atoms with E-state index in [-0.39, 0.29) is 29.5 Å². The van der Waals surface area contributed by atoms with Gasteiger partial charge in [0.2, 0.25) is 5.91 Å². The highest BCUT2D eigenvalue weighted by Gasteiger charge is 2.32. The Kier molecular flexibility index (Phi) is 12.8. The average Bonchev–Trinajstić information content (AvgIpc) is 3.33. The number of rotatable bonds is 6. The summed E-state index contributed by atoms with van der Waals surface area (Å²) in [6.45, 7) is 12.2. The molecule has 2 aromatic carbocycles. The van der Waals surface area contributed by atoms with Crippen LogP contribution in [0.2, 0.25) is 0 Å². The number of benzene rings is 2. The Balaban J connectivity index is 0.000000341. The number of nitrogens with one attached hydrogen (secondary N) is 1. The van der Waals surface area contributed by atoms with Crippen molar-refractivity contribution in [2.45, 2.75) is 72.5 Å². The van der Waals surface area contributed by atoms with Gasteiger partial charge in [-0.15, -0.1) is 0 Å². The Bertz CT molecular complexity index is 925. The van der Waals surface area contributed by atoms with Crippen molar-refractivity contribution in [3.8, 4) is 11.1 Å². The van der Waals surface area contributed by atoms with Gasteiger partial charge in [0.1, 0.15) is 17.9 Å². The molecule has 0 saturated carbocycles. The Morgan fingerprint density at radius 1 is 1.11 bits per heavy atom. The van der Waals surface area contributed by atoms with E-state index >= 15 is 0 Å². The van der Waals surface area contributed by atoms with Gasteiger partial charge >= 0.3 is 0 Å². The molecule has 3 unspecified atom stereocenters. The minimum absolute atomic E-state index is 0.0364. The molecule has 3 atom stereocenters. The summed E-state index contributed by atoms with van der Waals surface area (Å²) in [6, 6.07) is 9.46. The number of likely N-dealkylation sites (tertiary alicyclic amines) is 1. The van der Waals surface area contributed by atoms with E-state index in [1.165, 1.54) is 12.1 Å². The molecule has 2 aromatic rings. The van der Waals surface area contributed by atoms with Crippen LogP contribution >= 0.6 is 0 Å². The van der Waals surface area contributed by atoms with Crippen LogP contribution in [0.1, 0.15) is 64.6 Å². The normalized spacial score (nSPS) is 16.5. The van der Waals surface area contributed by atoms with Crippen LogP contribution in [0.25, 0.3) is 11.1 Å². The Labute approximate surface area is 209 Å². The maximum atomic E-state index is 13.9. The van der Waals surface area contributed by atoms with Crippen molar-refractivity contribution in [1.29, 1.82) is 0 Å². The van der Waals surface area contributed by atoms with Crippen LogP contribution in [0, 0.1) is 24.5 Å². The van der Waals surface area contributed by atoms with Crippen molar-refractivity contribution in [2.24, 2.45) is 11.7 Å². The first-order chi connectivity index (χ1) is 16.6. The summed E-state index contributed by atoms with van der Waals surface area (Å²) >= 11 is 0. The zero-order valence-corrected chi connectivity index (χ0v) is 22.1. The molecule has 1 fully saturated rings. The molecule has 35 heavy (non-hydrogen) atoms. The SMILES string of the molecule is CC.CC(C)C(N)C(=O)N1CCCC1C=O.CNC(C)c1ccc(-c2c(F)cc(C)cc2F)cc1. The Morgan fingerprint density at radius 3 is 2.11 bits per heavy atom. The number of aldehydes is 1. The number of nitrogens with two attached hydrogens (primary N) is 1. The lowest BCUT2D eigenvalue weighted by Crippen LogP contribution is -2.48. The molecule has 1 saturated heterocycles. The van der Waals surface area contributed by atoms with Gasteiger partial charge in [0.05, 0.1) is 17.6 Å². The first-order valence-electron chi connectivity index (χ1n) is 12.3. The van der Waals surface area contributed by atoms with Gasteiger partial charge in [-0.2, -0.15) is 0 Å². The zero-order valence-electron chi connectivity index (χ0n) is 22.1. The molecule has 194 valence electrons. The monoisotopic (exact) mass is 489 g/mol. The number of carbonyl (C=O) groups excluding carboxylic acids is 2. The highest BCUT2D eigenvalue weighted by atomic mass is 19.1. The van der Waals surface area contributed by atoms with Crippen LogP contribution in [0.3, 0.4) is 0 Å². The van der Waals surface area contributed by atoms with Crippen molar-refractivity contribution in [1.82, 2.24) is 10.2 Å². The molecule has 0 spiro atoms. The summed E-state index contributed by atoms with van der Waals surface area (Å²) in [7, 11) is 1.87. The summed E-state index contributed by atoms with van der Waals surface area (Å²) in [6.07, 6.45) is 2.53. The third-order valence-electron chi connectivity index (χ3n) is 6.06. The van der Waals surface area contributed by atoms with E-state index in [1.807, 2.05) is 53.8 Å². The maximum absolute atomic E-state index is 13.9. The van der Waals surface area contributed by atoms with Gasteiger partial charge in [0, 0.05) is 12.6 Å². The standard InChI is InChI=1S/C16H17F2N.C10H18N2O2.C2H6/c1-10-8-14(17)16(15(18)9-10)13-6-4-12(5-7-13)11(2)19-3;1-7(2)9(11)10(14)12-5-3-4-8(12)6-13;1-2/h4-9,11,19H,1-3H3;6-9H,3-5,11H2,1-2H3;1-2H3. The number of hydrogen-bond donors (Lipinski definition) is 2. The Hall–Kier alpha value is -2.64. The second-order valence-corrected chi connectivity index (χ2v) is 8.88. The lowest BCUT2D eigenvalue weighted by atomic mass is 9.99. The lowest BCUT2D eigenvalue weighted by Gasteiger charge is -2.25. The summed E-state index contributed by atoms with van der Waals surface area (Å²) in [5.74, 6) is -1.01. The largest absolute Gasteiger partial charge is 0.332 e. The number of nitrogens with zero attached hydrogens (tertiary/aromatic N) is 1. The fraction of sp³-hybridized carbons (Fsp3) is 0.500. The molecule has 7 heteroatoms. The van der Waals surface area contributed by atoms with Gasteiger partial charge in [0.15, 0.2) is 0 Å². The van der Waals surface area contributed by atoms with Crippen LogP contribution in [-0.2, 0) is 9.59 Å². The van der Waals surface area contributed by atoms with E-state index in [1.54, 1.807) is 24.0 Å². The first kappa shape index (κ1) is 30.4. The lowest BCUT2D eigenvalue weighted by molar-refractivity contribution is -0.136. The van der Waals surface area contributed by atoms with Gasteiger partial charge in [0.25, 0.3) is 0 Å². The molecule has 3 N–H and O–H groups in total. The molecule has 5 nitrogen and oxygen atoms in total. The van der Waals surface area contributed by atoms with Gasteiger partial charge in [-0.05, 0) is 68.5 Å². The highest BCUT2D eigenvalue weighted by molar-refractivity contribution is 5.85. The van der Waals surface area contributed by atoms with Crippen molar-refractivity contribution in [3.05, 3.63) is 59.2 Å². The predicted molar refractivity (Wildman–Crippen MR) is 139 cm³/mol. The summed E-state index contributed by atoms with van der Waals surface area (Å²) in [5.41, 5.74) is 8.01. The van der Waals surface area contributed by atoms with Gasteiger partial charge in [-0.1, -0.05) is 52.0 Å². The van der Waals surface area contributed by atoms with E-state index < -0.39 is 17.7 Å². The summed E-state index contributed by atoms with van der Waals surface area (Å²) < 4.78 is 27.7. The second-order valence-electron chi connectivity index (χ2n) is 8.88. The second kappa shape index (κ2) is 14.7. The third-order valence-corrected chi connectivity index (χ3v) is 6.06. The van der Waals surface area contributed by atoms with Gasteiger partial charge < -0.3 is 20.7 Å². The van der Waals surface area contributed by atoms with E-state index in [0.29, 0.717) is 17.7 Å². The fourth-order valence-electron chi connectivity index (χ4n) is 3.76. The molecule has 0 aliphatic carbocycles. The topological polar surface area (TPSA) is 75.4 Å². The number of hydrogen-bond acceptors (Lipinski definition) is 4. The highest BCUT2D eigenvalue weighted by Crippen LogP contribution is 2.28. The molecule has 0 radical (unpaired) electrons. The fourth-order valence-corrected chi connectivity index (χ4v) is 3.76. The molecule has 3 rings (SSSR count). The smallest absolute Gasteiger partial charge is 0.240 e. The van der Waals surface area contributed by atoms with E-state index in [4.69, 9.17) is 5.73 Å². The van der Waals surface area contributed by atoms with Crippen LogP contribution in [0.4, 0.5) is 8.78 Å². The molecular formula is C28H41F2N3O2. The minimum atomic E-state index is -0.521. The van der Waals surface area contributed by atoms with E-state index in [2.05, 4.69) is 5.32 Å². The van der Waals surface area contributed by atoms with Crippen molar-refractivity contribution >= 4 is 12.2 Å². The number of halogens is 2. The Morgan fingerprint density at radius 2 is 1.66 bits per heavy atom. The van der Waals surface area contributed by atoms with Crippen molar-refractivity contribution < 1.29 is 18.4 Å². The minimum Gasteiger partial charge on any atom is -0.332 e. The number of carbonyl (C=O) groups is 2. The maximum Gasteiger partial charge on any atom is 0.240 e. The van der Waals surface area contributed by atoms with Crippen LogP contribution in [0.5, 0.6) is 0 Å². The number of amides is 1. The molecular weight excluding hydrogens is 448 g/mol. The van der Waals surface area contributed by atoms with Crippen LogP contribution in [0.15, 0.2) is 36.4 Å². The molecule has 1 amide bonds.